The summed E-state index contributed by atoms with van der Waals surface area (Å²) in [6.07, 6.45) is 4.88. The summed E-state index contributed by atoms with van der Waals surface area (Å²) in [6.45, 7) is 0.968. The number of carbonyl (C=O) groups excluding carboxylic acids is 1. The number of fused-ring (bicyclic) bond motifs is 1. The number of aromatic nitrogens is 5. The van der Waals surface area contributed by atoms with Crippen LogP contribution in [0.3, 0.4) is 0 Å². The Balaban J connectivity index is 1.54. The zero-order valence-electron chi connectivity index (χ0n) is 12.5. The van der Waals surface area contributed by atoms with E-state index in [1.54, 1.807) is 12.3 Å². The Labute approximate surface area is 132 Å². The van der Waals surface area contributed by atoms with Crippen molar-refractivity contribution >= 4 is 11.6 Å². The third-order valence-electron chi connectivity index (χ3n) is 4.01. The molecule has 3 heterocycles. The van der Waals surface area contributed by atoms with Crippen LogP contribution >= 0.6 is 0 Å². The van der Waals surface area contributed by atoms with Crippen LogP contribution in [0.2, 0.25) is 0 Å². The summed E-state index contributed by atoms with van der Waals surface area (Å²) in [6, 6.07) is 9.28. The zero-order valence-corrected chi connectivity index (χ0v) is 12.5. The predicted molar refractivity (Wildman–Crippen MR) is 84.9 cm³/mol. The van der Waals surface area contributed by atoms with Gasteiger partial charge in [0.15, 0.2) is 5.82 Å². The maximum absolute atomic E-state index is 12.0. The van der Waals surface area contributed by atoms with Crippen molar-refractivity contribution in [2.75, 3.05) is 5.32 Å². The fourth-order valence-corrected chi connectivity index (χ4v) is 2.81. The normalized spacial score (nSPS) is 13.6. The molecule has 7 heteroatoms. The number of nitrogens with zero attached hydrogens (tertiary/aromatic N) is 4. The Bertz CT molecular complexity index is 819. The van der Waals surface area contributed by atoms with Crippen LogP contribution in [0.1, 0.15) is 29.2 Å². The number of anilines is 1. The molecule has 0 fully saturated rings. The molecular formula is C16H16N6O. The molecule has 116 valence electrons. The lowest BCUT2D eigenvalue weighted by atomic mass is 10.1. The molecule has 1 aliphatic rings. The Morgan fingerprint density at radius 1 is 1.13 bits per heavy atom. The number of H-pyrrole nitrogens is 1. The van der Waals surface area contributed by atoms with Gasteiger partial charge >= 0.3 is 0 Å². The fourth-order valence-electron chi connectivity index (χ4n) is 2.81. The number of aromatic amines is 1. The van der Waals surface area contributed by atoms with Crippen LogP contribution in [0.15, 0.2) is 36.5 Å². The first kappa shape index (κ1) is 13.7. The van der Waals surface area contributed by atoms with Crippen LogP contribution in [-0.4, -0.2) is 30.9 Å². The van der Waals surface area contributed by atoms with Gasteiger partial charge in [-0.2, -0.15) is 5.10 Å². The van der Waals surface area contributed by atoms with E-state index < -0.39 is 0 Å². The Kier molecular flexibility index (Phi) is 3.38. The van der Waals surface area contributed by atoms with Crippen LogP contribution in [0.5, 0.6) is 0 Å². The van der Waals surface area contributed by atoms with Crippen molar-refractivity contribution < 1.29 is 4.79 Å². The first-order valence-corrected chi connectivity index (χ1v) is 7.64. The highest BCUT2D eigenvalue weighted by Gasteiger charge is 2.16. The molecule has 1 amide bonds. The van der Waals surface area contributed by atoms with Crippen molar-refractivity contribution in [2.45, 2.75) is 25.8 Å². The van der Waals surface area contributed by atoms with Gasteiger partial charge in [-0.05, 0) is 43.2 Å². The maximum Gasteiger partial charge on any atom is 0.273 e. The number of hydrogen-bond acceptors (Lipinski definition) is 4. The molecule has 0 saturated carbocycles. The number of benzene rings is 1. The number of nitrogens with one attached hydrogen (secondary N) is 2. The minimum atomic E-state index is -0.213. The average Bonchev–Trinajstić information content (AvgIpc) is 3.25. The highest BCUT2D eigenvalue weighted by molar-refractivity contribution is 6.02. The van der Waals surface area contributed by atoms with Crippen LogP contribution in [-0.2, 0) is 13.0 Å². The molecule has 0 atom stereocenters. The number of aryl methyl sites for hydroxylation is 1. The lowest BCUT2D eigenvalue weighted by Crippen LogP contribution is -2.12. The number of amides is 1. The van der Waals surface area contributed by atoms with E-state index in [0.29, 0.717) is 5.69 Å². The van der Waals surface area contributed by atoms with Crippen molar-refractivity contribution in [3.63, 3.8) is 0 Å². The summed E-state index contributed by atoms with van der Waals surface area (Å²) in [5.41, 5.74) is 2.16. The highest BCUT2D eigenvalue weighted by atomic mass is 16.1. The summed E-state index contributed by atoms with van der Waals surface area (Å²) in [5.74, 6) is 1.74. The van der Waals surface area contributed by atoms with Crippen LogP contribution < -0.4 is 5.32 Å². The molecule has 0 bridgehead atoms. The fraction of sp³-hybridized carbons (Fsp3) is 0.250. The van der Waals surface area contributed by atoms with Gasteiger partial charge in [-0.25, -0.2) is 0 Å². The quantitative estimate of drug-likeness (QED) is 0.776. The van der Waals surface area contributed by atoms with Crippen LogP contribution in [0.25, 0.3) is 11.4 Å². The third kappa shape index (κ3) is 2.61. The van der Waals surface area contributed by atoms with E-state index in [0.717, 1.165) is 42.3 Å². The molecule has 0 aliphatic carbocycles. The van der Waals surface area contributed by atoms with Gasteiger partial charge in [0, 0.05) is 30.4 Å². The second kappa shape index (κ2) is 5.68. The van der Waals surface area contributed by atoms with E-state index in [-0.39, 0.29) is 5.91 Å². The largest absolute Gasteiger partial charge is 0.321 e. The molecule has 0 saturated heterocycles. The standard InChI is InChI=1S/C16H16N6O/c23-16(13-8-9-17-19-13)18-12-6-4-11(5-7-12)15-21-20-14-3-1-2-10-22(14)15/h4-9H,1-3,10H2,(H,17,19)(H,18,23). The first-order valence-electron chi connectivity index (χ1n) is 7.64. The molecule has 1 aromatic carbocycles. The molecular weight excluding hydrogens is 292 g/mol. The lowest BCUT2D eigenvalue weighted by molar-refractivity contribution is 0.102. The van der Waals surface area contributed by atoms with E-state index in [1.165, 1.54) is 6.42 Å². The van der Waals surface area contributed by atoms with Crippen molar-refractivity contribution in [3.05, 3.63) is 48.0 Å². The molecule has 0 spiro atoms. The SMILES string of the molecule is O=C(Nc1ccc(-c2nnc3n2CCCC3)cc1)c1ccn[nH]1. The van der Waals surface area contributed by atoms with E-state index >= 15 is 0 Å². The van der Waals surface area contributed by atoms with Crippen molar-refractivity contribution in [3.8, 4) is 11.4 Å². The molecule has 7 nitrogen and oxygen atoms in total. The average molecular weight is 308 g/mol. The maximum atomic E-state index is 12.0. The summed E-state index contributed by atoms with van der Waals surface area (Å²) < 4.78 is 2.18. The minimum Gasteiger partial charge on any atom is -0.321 e. The molecule has 2 aromatic heterocycles. The van der Waals surface area contributed by atoms with Gasteiger partial charge < -0.3 is 9.88 Å². The predicted octanol–water partition coefficient (Wildman–Crippen LogP) is 2.26. The Morgan fingerprint density at radius 2 is 2.00 bits per heavy atom. The second-order valence-electron chi connectivity index (χ2n) is 5.55. The molecule has 0 unspecified atom stereocenters. The summed E-state index contributed by atoms with van der Waals surface area (Å²) in [7, 11) is 0. The van der Waals surface area contributed by atoms with Crippen LogP contribution in [0, 0.1) is 0 Å². The van der Waals surface area contributed by atoms with E-state index in [1.807, 2.05) is 24.3 Å². The lowest BCUT2D eigenvalue weighted by Gasteiger charge is -2.14. The van der Waals surface area contributed by atoms with Crippen molar-refractivity contribution in [2.24, 2.45) is 0 Å². The summed E-state index contributed by atoms with van der Waals surface area (Å²) >= 11 is 0. The monoisotopic (exact) mass is 308 g/mol. The summed E-state index contributed by atoms with van der Waals surface area (Å²) in [5, 5.41) is 17.8. The van der Waals surface area contributed by atoms with E-state index in [9.17, 15) is 4.79 Å². The molecule has 3 aromatic rings. The zero-order chi connectivity index (χ0) is 15.6. The third-order valence-corrected chi connectivity index (χ3v) is 4.01. The molecule has 2 N–H and O–H groups in total. The Hall–Kier alpha value is -2.96. The number of rotatable bonds is 3. The van der Waals surface area contributed by atoms with Crippen LogP contribution in [0.4, 0.5) is 5.69 Å². The number of carbonyl (C=O) groups is 1. The van der Waals surface area contributed by atoms with Crippen molar-refractivity contribution in [1.82, 2.24) is 25.0 Å². The van der Waals surface area contributed by atoms with Gasteiger partial charge in [-0.15, -0.1) is 10.2 Å². The van der Waals surface area contributed by atoms with Gasteiger partial charge in [-0.3, -0.25) is 9.89 Å². The summed E-state index contributed by atoms with van der Waals surface area (Å²) in [4.78, 5) is 12.0. The Morgan fingerprint density at radius 3 is 2.78 bits per heavy atom. The van der Waals surface area contributed by atoms with Crippen molar-refractivity contribution in [1.29, 1.82) is 0 Å². The molecule has 0 radical (unpaired) electrons. The number of hydrogen-bond donors (Lipinski definition) is 2. The van der Waals surface area contributed by atoms with E-state index in [4.69, 9.17) is 0 Å². The van der Waals surface area contributed by atoms with Gasteiger partial charge in [0.05, 0.1) is 0 Å². The molecule has 4 rings (SSSR count). The first-order chi connectivity index (χ1) is 11.3. The second-order valence-corrected chi connectivity index (χ2v) is 5.55. The highest BCUT2D eigenvalue weighted by Crippen LogP contribution is 2.24. The van der Waals surface area contributed by atoms with Gasteiger partial charge in [-0.1, -0.05) is 0 Å². The van der Waals surface area contributed by atoms with Gasteiger partial charge in [0.1, 0.15) is 11.5 Å². The minimum absolute atomic E-state index is 0.213. The van der Waals surface area contributed by atoms with E-state index in [2.05, 4.69) is 30.3 Å². The van der Waals surface area contributed by atoms with Gasteiger partial charge in [0.2, 0.25) is 0 Å². The molecule has 23 heavy (non-hydrogen) atoms. The topological polar surface area (TPSA) is 88.5 Å². The molecule has 1 aliphatic heterocycles. The smallest absolute Gasteiger partial charge is 0.273 e. The van der Waals surface area contributed by atoms with Gasteiger partial charge in [0.25, 0.3) is 5.91 Å².